The van der Waals surface area contributed by atoms with Crippen molar-refractivity contribution in [2.45, 2.75) is 64.8 Å². The van der Waals surface area contributed by atoms with Crippen molar-refractivity contribution >= 4 is 18.1 Å². The zero-order valence-corrected chi connectivity index (χ0v) is 18.5. The lowest BCUT2D eigenvalue weighted by atomic mass is 9.83. The molecule has 1 aromatic rings. The van der Waals surface area contributed by atoms with Crippen molar-refractivity contribution in [2.75, 3.05) is 13.2 Å². The maximum absolute atomic E-state index is 13.5. The van der Waals surface area contributed by atoms with E-state index in [1.807, 2.05) is 13.8 Å². The molecule has 0 saturated carbocycles. The number of hydrogen-bond acceptors (Lipinski definition) is 5. The second-order valence-electron chi connectivity index (χ2n) is 8.85. The molecule has 9 heteroatoms. The maximum atomic E-state index is 13.5. The fourth-order valence-electron chi connectivity index (χ4n) is 2.94. The van der Waals surface area contributed by atoms with Crippen molar-refractivity contribution in [1.29, 1.82) is 0 Å². The lowest BCUT2D eigenvalue weighted by Gasteiger charge is -2.31. The van der Waals surface area contributed by atoms with E-state index in [4.69, 9.17) is 14.2 Å². The Morgan fingerprint density at radius 1 is 1.13 bits per heavy atom. The van der Waals surface area contributed by atoms with E-state index in [0.29, 0.717) is 11.1 Å². The van der Waals surface area contributed by atoms with Crippen LogP contribution in [-0.2, 0) is 19.7 Å². The number of carbonyl (C=O) groups is 2. The zero-order chi connectivity index (χ0) is 23.6. The second-order valence-corrected chi connectivity index (χ2v) is 8.85. The molecule has 0 spiro atoms. The van der Waals surface area contributed by atoms with Crippen molar-refractivity contribution in [1.82, 2.24) is 5.32 Å². The van der Waals surface area contributed by atoms with E-state index in [9.17, 15) is 22.8 Å². The highest BCUT2D eigenvalue weighted by Crippen LogP contribution is 2.39. The summed E-state index contributed by atoms with van der Waals surface area (Å²) in [4.78, 5) is 24.0. The first-order valence-electron chi connectivity index (χ1n) is 9.87. The predicted molar refractivity (Wildman–Crippen MR) is 109 cm³/mol. The second kappa shape index (κ2) is 8.80. The SMILES string of the molecule is CCOC(=O)C1=Cc2ccc(C(C)(C)CNC(=O)OC(C)(C)C)cc2OC1C(F)(F)F. The van der Waals surface area contributed by atoms with Gasteiger partial charge in [-0.15, -0.1) is 0 Å². The van der Waals surface area contributed by atoms with Gasteiger partial charge in [0.05, 0.1) is 12.2 Å². The summed E-state index contributed by atoms with van der Waals surface area (Å²) in [6.45, 7) is 10.5. The Hall–Kier alpha value is -2.71. The van der Waals surface area contributed by atoms with Crippen molar-refractivity contribution in [2.24, 2.45) is 0 Å². The third-order valence-electron chi connectivity index (χ3n) is 4.52. The number of rotatable bonds is 5. The lowest BCUT2D eigenvalue weighted by Crippen LogP contribution is -2.41. The third kappa shape index (κ3) is 6.38. The Morgan fingerprint density at radius 3 is 2.32 bits per heavy atom. The standard InChI is InChI=1S/C22H28F3NO5/c1-7-29-18(27)15-10-13-8-9-14(11-16(13)30-17(15)22(23,24)25)21(5,6)12-26-19(28)31-20(2,3)4/h8-11,17H,7,12H2,1-6H3,(H,26,28). The minimum Gasteiger partial charge on any atom is -0.475 e. The monoisotopic (exact) mass is 443 g/mol. The number of benzene rings is 1. The van der Waals surface area contributed by atoms with Crippen LogP contribution >= 0.6 is 0 Å². The Bertz CT molecular complexity index is 869. The van der Waals surface area contributed by atoms with Gasteiger partial charge >= 0.3 is 18.2 Å². The summed E-state index contributed by atoms with van der Waals surface area (Å²) in [6, 6.07) is 4.78. The smallest absolute Gasteiger partial charge is 0.430 e. The highest BCUT2D eigenvalue weighted by Gasteiger charge is 2.49. The first-order valence-corrected chi connectivity index (χ1v) is 9.87. The van der Waals surface area contributed by atoms with Crippen LogP contribution in [0.3, 0.4) is 0 Å². The highest BCUT2D eigenvalue weighted by atomic mass is 19.4. The van der Waals surface area contributed by atoms with E-state index in [1.165, 1.54) is 13.0 Å². The molecule has 0 aromatic heterocycles. The molecule has 0 fully saturated rings. The normalized spacial score (nSPS) is 16.5. The molecule has 1 aromatic carbocycles. The van der Waals surface area contributed by atoms with E-state index < -0.39 is 40.9 Å². The van der Waals surface area contributed by atoms with Crippen LogP contribution in [-0.4, -0.2) is 43.1 Å². The van der Waals surface area contributed by atoms with Gasteiger partial charge in [0.25, 0.3) is 0 Å². The number of ether oxygens (including phenoxy) is 3. The molecule has 0 bridgehead atoms. The molecule has 1 heterocycles. The molecule has 0 saturated heterocycles. The number of nitrogens with one attached hydrogen (secondary N) is 1. The van der Waals surface area contributed by atoms with Crippen LogP contribution in [0.1, 0.15) is 52.7 Å². The van der Waals surface area contributed by atoms with Gasteiger partial charge in [-0.05, 0) is 45.4 Å². The summed E-state index contributed by atoms with van der Waals surface area (Å²) in [7, 11) is 0. The van der Waals surface area contributed by atoms with Crippen LogP contribution < -0.4 is 10.1 Å². The van der Waals surface area contributed by atoms with Crippen LogP contribution in [0.2, 0.25) is 0 Å². The molecule has 1 aliphatic heterocycles. The number of carbonyl (C=O) groups excluding carboxylic acids is 2. The van der Waals surface area contributed by atoms with Gasteiger partial charge in [0, 0.05) is 17.5 Å². The quantitative estimate of drug-likeness (QED) is 0.665. The van der Waals surface area contributed by atoms with Gasteiger partial charge in [-0.25, -0.2) is 9.59 Å². The maximum Gasteiger partial charge on any atom is 0.430 e. The Labute approximate surface area is 179 Å². The zero-order valence-electron chi connectivity index (χ0n) is 18.5. The van der Waals surface area contributed by atoms with Crippen molar-refractivity contribution in [3.05, 3.63) is 34.9 Å². The molecular weight excluding hydrogens is 415 g/mol. The number of amides is 1. The minimum atomic E-state index is -4.79. The predicted octanol–water partition coefficient (Wildman–Crippen LogP) is 4.76. The number of alkyl carbamates (subject to hydrolysis) is 1. The van der Waals surface area contributed by atoms with E-state index in [-0.39, 0.29) is 18.9 Å². The van der Waals surface area contributed by atoms with Gasteiger partial charge in [-0.1, -0.05) is 26.0 Å². The molecular formula is C22H28F3NO5. The van der Waals surface area contributed by atoms with Gasteiger partial charge < -0.3 is 19.5 Å². The molecule has 1 unspecified atom stereocenters. The first kappa shape index (κ1) is 24.6. The topological polar surface area (TPSA) is 73.9 Å². The number of esters is 1. The molecule has 31 heavy (non-hydrogen) atoms. The van der Waals surface area contributed by atoms with E-state index >= 15 is 0 Å². The fourth-order valence-corrected chi connectivity index (χ4v) is 2.94. The Kier molecular flexibility index (Phi) is 6.97. The van der Waals surface area contributed by atoms with Crippen molar-refractivity contribution in [3.63, 3.8) is 0 Å². The number of halogens is 3. The molecule has 2 rings (SSSR count). The molecule has 0 aliphatic carbocycles. The van der Waals surface area contributed by atoms with Crippen LogP contribution in [0.25, 0.3) is 6.08 Å². The number of hydrogen-bond donors (Lipinski definition) is 1. The summed E-state index contributed by atoms with van der Waals surface area (Å²) in [5.74, 6) is -1.07. The minimum absolute atomic E-state index is 0.00165. The van der Waals surface area contributed by atoms with Gasteiger partial charge in [-0.2, -0.15) is 13.2 Å². The van der Waals surface area contributed by atoms with Gasteiger partial charge in [0.2, 0.25) is 6.10 Å². The van der Waals surface area contributed by atoms with Gasteiger partial charge in [0.15, 0.2) is 0 Å². The van der Waals surface area contributed by atoms with E-state index in [0.717, 1.165) is 6.08 Å². The first-order chi connectivity index (χ1) is 14.1. The average Bonchev–Trinajstić information content (AvgIpc) is 2.63. The van der Waals surface area contributed by atoms with Crippen molar-refractivity contribution < 1.29 is 37.0 Å². The molecule has 1 amide bonds. The van der Waals surface area contributed by atoms with Crippen LogP contribution in [0.15, 0.2) is 23.8 Å². The molecule has 0 radical (unpaired) electrons. The summed E-state index contributed by atoms with van der Waals surface area (Å²) in [5, 5.41) is 2.67. The van der Waals surface area contributed by atoms with E-state index in [1.54, 1.807) is 32.9 Å². The summed E-state index contributed by atoms with van der Waals surface area (Å²) in [5.41, 5.74) is -0.891. The molecule has 6 nitrogen and oxygen atoms in total. The highest BCUT2D eigenvalue weighted by molar-refractivity contribution is 5.96. The molecule has 172 valence electrons. The third-order valence-corrected chi connectivity index (χ3v) is 4.52. The van der Waals surface area contributed by atoms with Gasteiger partial charge in [-0.3, -0.25) is 0 Å². The lowest BCUT2D eigenvalue weighted by molar-refractivity contribution is -0.187. The largest absolute Gasteiger partial charge is 0.475 e. The summed E-state index contributed by atoms with van der Waals surface area (Å²) >= 11 is 0. The fraction of sp³-hybridized carbons (Fsp3) is 0.545. The summed E-state index contributed by atoms with van der Waals surface area (Å²) in [6.07, 6.45) is -6.66. The summed E-state index contributed by atoms with van der Waals surface area (Å²) < 4.78 is 55.8. The van der Waals surface area contributed by atoms with Crippen LogP contribution in [0, 0.1) is 0 Å². The Balaban J connectivity index is 2.29. The Morgan fingerprint density at radius 2 is 1.77 bits per heavy atom. The van der Waals surface area contributed by atoms with Crippen molar-refractivity contribution in [3.8, 4) is 5.75 Å². The average molecular weight is 443 g/mol. The van der Waals surface area contributed by atoms with Gasteiger partial charge in [0.1, 0.15) is 11.4 Å². The molecule has 1 N–H and O–H groups in total. The van der Waals surface area contributed by atoms with E-state index in [2.05, 4.69) is 5.32 Å². The number of alkyl halides is 3. The van der Waals surface area contributed by atoms with Crippen LogP contribution in [0.4, 0.5) is 18.0 Å². The number of fused-ring (bicyclic) bond motifs is 1. The molecule has 1 aliphatic rings. The molecule has 1 atom stereocenters. The van der Waals surface area contributed by atoms with Crippen LogP contribution in [0.5, 0.6) is 5.75 Å².